The summed E-state index contributed by atoms with van der Waals surface area (Å²) >= 11 is 0. The molecule has 4 rings (SSSR count). The highest BCUT2D eigenvalue weighted by atomic mass is 16.6. The fraction of sp³-hybridized carbons (Fsp3) is 0.361. The molecule has 0 atom stereocenters. The van der Waals surface area contributed by atoms with Gasteiger partial charge in [-0.25, -0.2) is 9.78 Å². The van der Waals surface area contributed by atoms with E-state index in [1.807, 2.05) is 80.9 Å². The van der Waals surface area contributed by atoms with Crippen LogP contribution in [-0.4, -0.2) is 46.0 Å². The maximum Gasteiger partial charge on any atom is 0.407 e. The second kappa shape index (κ2) is 15.7. The van der Waals surface area contributed by atoms with E-state index in [1.165, 1.54) is 0 Å². The Hall–Kier alpha value is -5.17. The van der Waals surface area contributed by atoms with Gasteiger partial charge in [0.15, 0.2) is 0 Å². The number of nitriles is 1. The van der Waals surface area contributed by atoms with Crippen molar-refractivity contribution in [3.05, 3.63) is 89.7 Å². The first kappa shape index (κ1) is 33.7. The summed E-state index contributed by atoms with van der Waals surface area (Å²) in [7, 11) is 1.94. The third kappa shape index (κ3) is 9.66. The average molecular weight is 623 g/mol. The number of carbonyl (C=O) groups excluding carboxylic acids is 3. The Bertz CT molecular complexity index is 1680. The van der Waals surface area contributed by atoms with Gasteiger partial charge >= 0.3 is 6.09 Å². The number of ether oxygens (including phenoxy) is 1. The summed E-state index contributed by atoms with van der Waals surface area (Å²) in [5.41, 5.74) is 3.76. The van der Waals surface area contributed by atoms with Crippen LogP contribution in [-0.2, 0) is 23.1 Å². The van der Waals surface area contributed by atoms with Crippen molar-refractivity contribution >= 4 is 40.2 Å². The van der Waals surface area contributed by atoms with Crippen molar-refractivity contribution < 1.29 is 19.1 Å². The van der Waals surface area contributed by atoms with Crippen molar-refractivity contribution in [3.63, 3.8) is 0 Å². The summed E-state index contributed by atoms with van der Waals surface area (Å²) in [6.45, 7) is 6.69. The number of hydrogen-bond donors (Lipinski definition) is 2. The van der Waals surface area contributed by atoms with E-state index in [9.17, 15) is 14.4 Å². The second-order valence-corrected chi connectivity index (χ2v) is 12.2. The van der Waals surface area contributed by atoms with Gasteiger partial charge in [0.05, 0.1) is 29.2 Å². The number of rotatable bonds is 14. The van der Waals surface area contributed by atoms with Crippen molar-refractivity contribution in [3.8, 4) is 6.07 Å². The molecule has 0 unspecified atom stereocenters. The van der Waals surface area contributed by atoms with Crippen molar-refractivity contribution in [1.29, 1.82) is 5.26 Å². The highest BCUT2D eigenvalue weighted by molar-refractivity contribution is 6.08. The van der Waals surface area contributed by atoms with Crippen LogP contribution < -0.4 is 15.5 Å². The van der Waals surface area contributed by atoms with Crippen molar-refractivity contribution in [1.82, 2.24) is 14.9 Å². The molecule has 0 aliphatic heterocycles. The van der Waals surface area contributed by atoms with Gasteiger partial charge in [-0.15, -0.1) is 0 Å². The number of nitrogens with one attached hydrogen (secondary N) is 2. The minimum Gasteiger partial charge on any atom is -0.444 e. The monoisotopic (exact) mass is 622 g/mol. The SMILES string of the molecule is Cn1c(CNc2ccc(C#N)cc2)nc2cc(C(=O)N(CCC(=O)CCCCCNC(=O)OC(C)(C)C)c3ccccc3)ccc21. The van der Waals surface area contributed by atoms with Gasteiger partial charge in [0.1, 0.15) is 17.2 Å². The molecule has 1 heterocycles. The molecule has 4 aromatic rings. The molecule has 0 bridgehead atoms. The van der Waals surface area contributed by atoms with Crippen molar-refractivity contribution in [2.45, 2.75) is 65.0 Å². The molecule has 10 heteroatoms. The first-order valence-corrected chi connectivity index (χ1v) is 15.6. The topological polar surface area (TPSA) is 129 Å². The quantitative estimate of drug-likeness (QED) is 0.149. The van der Waals surface area contributed by atoms with Crippen LogP contribution in [0.2, 0.25) is 0 Å². The number of anilines is 2. The van der Waals surface area contributed by atoms with E-state index in [-0.39, 0.29) is 24.7 Å². The zero-order valence-electron chi connectivity index (χ0n) is 27.0. The van der Waals surface area contributed by atoms with Gasteiger partial charge in [-0.05, 0) is 88.2 Å². The number of para-hydroxylation sites is 1. The van der Waals surface area contributed by atoms with Crippen LogP contribution in [0.3, 0.4) is 0 Å². The number of alkyl carbamates (subject to hydrolysis) is 1. The normalized spacial score (nSPS) is 11.1. The van der Waals surface area contributed by atoms with Gasteiger partial charge in [-0.1, -0.05) is 24.6 Å². The standard InChI is InChI=1S/C36H42N6O4/c1-36(2,3)46-35(45)38-21-10-6-9-13-30(43)20-22-42(29-11-7-5-8-12-29)34(44)27-16-19-32-31(23-27)40-33(41(32)4)25-39-28-17-14-26(24-37)15-18-28/h5,7-8,11-12,14-19,23,39H,6,9-10,13,20-22,25H2,1-4H3,(H,38,45). The molecular formula is C36H42N6O4. The molecule has 0 fully saturated rings. The molecule has 0 saturated carbocycles. The molecule has 0 saturated heterocycles. The fourth-order valence-electron chi connectivity index (χ4n) is 4.99. The number of ketones is 1. The number of unbranched alkanes of at least 4 members (excludes halogenated alkanes) is 2. The third-order valence-electron chi connectivity index (χ3n) is 7.41. The third-order valence-corrected chi connectivity index (χ3v) is 7.41. The first-order chi connectivity index (χ1) is 22.0. The van der Waals surface area contributed by atoms with E-state index < -0.39 is 11.7 Å². The van der Waals surface area contributed by atoms with E-state index in [0.717, 1.165) is 35.6 Å². The zero-order chi connectivity index (χ0) is 33.1. The lowest BCUT2D eigenvalue weighted by Gasteiger charge is -2.23. The smallest absolute Gasteiger partial charge is 0.407 e. The van der Waals surface area contributed by atoms with Crippen LogP contribution in [0.5, 0.6) is 0 Å². The Morgan fingerprint density at radius 1 is 0.957 bits per heavy atom. The fourth-order valence-corrected chi connectivity index (χ4v) is 4.99. The number of aryl methyl sites for hydroxylation is 1. The molecule has 0 radical (unpaired) electrons. The Morgan fingerprint density at radius 2 is 1.70 bits per heavy atom. The van der Waals surface area contributed by atoms with Crippen LogP contribution >= 0.6 is 0 Å². The van der Waals surface area contributed by atoms with Crippen LogP contribution in [0, 0.1) is 11.3 Å². The molecule has 2 N–H and O–H groups in total. The number of hydrogen-bond acceptors (Lipinski definition) is 7. The van der Waals surface area contributed by atoms with Crippen LogP contribution in [0.4, 0.5) is 16.2 Å². The van der Waals surface area contributed by atoms with Gasteiger partial charge in [0.25, 0.3) is 5.91 Å². The average Bonchev–Trinajstić information content (AvgIpc) is 3.35. The van der Waals surface area contributed by atoms with Crippen LogP contribution in [0.1, 0.15) is 74.6 Å². The highest BCUT2D eigenvalue weighted by Crippen LogP contribution is 2.22. The summed E-state index contributed by atoms with van der Waals surface area (Å²) < 4.78 is 7.22. The first-order valence-electron chi connectivity index (χ1n) is 15.6. The molecule has 1 aromatic heterocycles. The highest BCUT2D eigenvalue weighted by Gasteiger charge is 2.21. The Labute approximate surface area is 270 Å². The number of imidazole rings is 1. The maximum absolute atomic E-state index is 13.8. The van der Waals surface area contributed by atoms with E-state index in [2.05, 4.69) is 16.7 Å². The lowest BCUT2D eigenvalue weighted by atomic mass is 10.1. The number of aromatic nitrogens is 2. The van der Waals surface area contributed by atoms with Crippen molar-refractivity contribution in [2.24, 2.45) is 7.05 Å². The van der Waals surface area contributed by atoms with E-state index in [0.29, 0.717) is 42.6 Å². The molecule has 0 aliphatic rings. The van der Waals surface area contributed by atoms with Crippen LogP contribution in [0.25, 0.3) is 11.0 Å². The molecule has 2 amide bonds. The zero-order valence-corrected chi connectivity index (χ0v) is 27.0. The second-order valence-electron chi connectivity index (χ2n) is 12.2. The Balaban J connectivity index is 1.34. The Kier molecular flexibility index (Phi) is 11.5. The lowest BCUT2D eigenvalue weighted by molar-refractivity contribution is -0.119. The lowest BCUT2D eigenvalue weighted by Crippen LogP contribution is -2.33. The van der Waals surface area contributed by atoms with Gasteiger partial charge in [0, 0.05) is 49.9 Å². The minimum atomic E-state index is -0.535. The summed E-state index contributed by atoms with van der Waals surface area (Å²) in [5, 5.41) is 15.1. The van der Waals surface area contributed by atoms with Crippen molar-refractivity contribution in [2.75, 3.05) is 23.3 Å². The largest absolute Gasteiger partial charge is 0.444 e. The molecular weight excluding hydrogens is 580 g/mol. The Morgan fingerprint density at radius 3 is 2.39 bits per heavy atom. The van der Waals surface area contributed by atoms with E-state index >= 15 is 0 Å². The summed E-state index contributed by atoms with van der Waals surface area (Å²) in [6, 6.07) is 24.2. The van der Waals surface area contributed by atoms with E-state index in [4.69, 9.17) is 15.0 Å². The number of benzene rings is 3. The predicted molar refractivity (Wildman–Crippen MR) is 180 cm³/mol. The van der Waals surface area contributed by atoms with Crippen LogP contribution in [0.15, 0.2) is 72.8 Å². The number of amides is 2. The molecule has 3 aromatic carbocycles. The van der Waals surface area contributed by atoms with Gasteiger partial charge < -0.3 is 24.8 Å². The summed E-state index contributed by atoms with van der Waals surface area (Å²) in [4.78, 5) is 44.8. The van der Waals surface area contributed by atoms with Gasteiger partial charge in [-0.2, -0.15) is 5.26 Å². The number of fused-ring (bicyclic) bond motifs is 1. The van der Waals surface area contributed by atoms with E-state index in [1.54, 1.807) is 29.2 Å². The molecule has 0 spiro atoms. The molecule has 240 valence electrons. The molecule has 10 nitrogen and oxygen atoms in total. The number of carbonyl (C=O) groups is 3. The summed E-state index contributed by atoms with van der Waals surface area (Å²) in [6.07, 6.45) is 2.50. The molecule has 0 aliphatic carbocycles. The summed E-state index contributed by atoms with van der Waals surface area (Å²) in [5.74, 6) is 0.695. The van der Waals surface area contributed by atoms with Gasteiger partial charge in [-0.3, -0.25) is 9.59 Å². The number of Topliss-reactive ketones (excluding diaryl/α,β-unsaturated/α-hetero) is 1. The predicted octanol–water partition coefficient (Wildman–Crippen LogP) is 6.75. The van der Waals surface area contributed by atoms with Gasteiger partial charge in [0.2, 0.25) is 0 Å². The molecule has 46 heavy (non-hydrogen) atoms. The number of nitrogens with zero attached hydrogens (tertiary/aromatic N) is 4. The maximum atomic E-state index is 13.8. The minimum absolute atomic E-state index is 0.0911.